The van der Waals surface area contributed by atoms with E-state index in [-0.39, 0.29) is 5.91 Å². The van der Waals surface area contributed by atoms with Gasteiger partial charge in [-0.05, 0) is 30.3 Å². The van der Waals surface area contributed by atoms with E-state index >= 15 is 0 Å². The summed E-state index contributed by atoms with van der Waals surface area (Å²) in [6.45, 7) is 0. The molecule has 1 aliphatic rings. The van der Waals surface area contributed by atoms with Gasteiger partial charge in [-0.25, -0.2) is 4.98 Å². The van der Waals surface area contributed by atoms with E-state index in [4.69, 9.17) is 11.6 Å². The van der Waals surface area contributed by atoms with Crippen LogP contribution in [0.2, 0.25) is 5.02 Å². The van der Waals surface area contributed by atoms with Crippen molar-refractivity contribution >= 4 is 45.9 Å². The number of H-pyrrole nitrogens is 1. The summed E-state index contributed by atoms with van der Waals surface area (Å²) >= 11 is 5.96. The van der Waals surface area contributed by atoms with Crippen molar-refractivity contribution in [1.29, 1.82) is 0 Å². The molecule has 102 valence electrons. The summed E-state index contributed by atoms with van der Waals surface area (Å²) in [7, 11) is 0. The third-order valence-corrected chi connectivity index (χ3v) is 3.78. The van der Waals surface area contributed by atoms with Crippen LogP contribution in [-0.4, -0.2) is 15.9 Å². The number of rotatable bonds is 1. The predicted octanol–water partition coefficient (Wildman–Crippen LogP) is 3.71. The van der Waals surface area contributed by atoms with Crippen molar-refractivity contribution in [3.8, 4) is 0 Å². The zero-order chi connectivity index (χ0) is 14.4. The molecule has 4 nitrogen and oxygen atoms in total. The lowest BCUT2D eigenvalue weighted by atomic mass is 10.0. The van der Waals surface area contributed by atoms with Crippen LogP contribution >= 0.6 is 11.6 Å². The highest BCUT2D eigenvalue weighted by atomic mass is 35.5. The van der Waals surface area contributed by atoms with Crippen molar-refractivity contribution in [2.75, 3.05) is 5.32 Å². The van der Waals surface area contributed by atoms with Gasteiger partial charge in [-0.15, -0.1) is 0 Å². The fourth-order valence-electron chi connectivity index (χ4n) is 2.56. The lowest BCUT2D eigenvalue weighted by Gasteiger charge is -1.98. The van der Waals surface area contributed by atoms with Crippen LogP contribution in [0.25, 0.3) is 22.7 Å². The number of halogens is 1. The summed E-state index contributed by atoms with van der Waals surface area (Å²) in [6, 6.07) is 9.24. The number of amides is 1. The number of carbonyl (C=O) groups excluding carboxylic acids is 1. The quantitative estimate of drug-likeness (QED) is 0.672. The van der Waals surface area contributed by atoms with Crippen molar-refractivity contribution < 1.29 is 4.79 Å². The number of anilines is 1. The summed E-state index contributed by atoms with van der Waals surface area (Å²) in [5, 5.41) is 4.42. The van der Waals surface area contributed by atoms with E-state index < -0.39 is 0 Å². The monoisotopic (exact) mass is 295 g/mol. The van der Waals surface area contributed by atoms with Crippen LogP contribution in [0.1, 0.15) is 11.1 Å². The Kier molecular flexibility index (Phi) is 2.59. The van der Waals surface area contributed by atoms with Gasteiger partial charge in [0, 0.05) is 39.5 Å². The first-order chi connectivity index (χ1) is 10.2. The Balaban J connectivity index is 1.89. The molecule has 1 aromatic carbocycles. The molecule has 3 aromatic rings. The van der Waals surface area contributed by atoms with E-state index in [0.29, 0.717) is 10.6 Å². The maximum atomic E-state index is 12.2. The third-order valence-electron chi connectivity index (χ3n) is 3.55. The molecule has 0 fully saturated rings. The zero-order valence-electron chi connectivity index (χ0n) is 10.9. The van der Waals surface area contributed by atoms with Crippen LogP contribution in [0.15, 0.2) is 42.7 Å². The number of aromatic nitrogens is 2. The molecule has 2 N–H and O–H groups in total. The van der Waals surface area contributed by atoms with E-state index in [0.717, 1.165) is 27.8 Å². The lowest BCUT2D eigenvalue weighted by Crippen LogP contribution is -2.03. The summed E-state index contributed by atoms with van der Waals surface area (Å²) in [6.07, 6.45) is 5.46. The molecule has 0 spiro atoms. The van der Waals surface area contributed by atoms with Crippen LogP contribution in [0, 0.1) is 0 Å². The van der Waals surface area contributed by atoms with E-state index in [1.54, 1.807) is 18.3 Å². The Morgan fingerprint density at radius 2 is 2.14 bits per heavy atom. The van der Waals surface area contributed by atoms with Gasteiger partial charge in [0.2, 0.25) is 0 Å². The first-order valence-corrected chi connectivity index (χ1v) is 6.85. The molecule has 0 saturated heterocycles. The second kappa shape index (κ2) is 4.46. The van der Waals surface area contributed by atoms with Gasteiger partial charge in [-0.3, -0.25) is 4.79 Å². The number of pyridine rings is 1. The van der Waals surface area contributed by atoms with Crippen molar-refractivity contribution in [2.24, 2.45) is 0 Å². The van der Waals surface area contributed by atoms with Gasteiger partial charge < -0.3 is 10.3 Å². The van der Waals surface area contributed by atoms with Gasteiger partial charge in [0.15, 0.2) is 0 Å². The molecular weight excluding hydrogens is 286 g/mol. The second-order valence-electron chi connectivity index (χ2n) is 4.85. The van der Waals surface area contributed by atoms with E-state index in [1.165, 1.54) is 0 Å². The van der Waals surface area contributed by atoms with E-state index in [2.05, 4.69) is 15.3 Å². The fourth-order valence-corrected chi connectivity index (χ4v) is 2.73. The third kappa shape index (κ3) is 1.92. The maximum absolute atomic E-state index is 12.2. The molecule has 4 rings (SSSR count). The molecule has 1 aliphatic heterocycles. The number of fused-ring (bicyclic) bond motifs is 2. The number of nitrogens with zero attached hydrogens (tertiary/aromatic N) is 1. The van der Waals surface area contributed by atoms with Crippen LogP contribution < -0.4 is 5.32 Å². The SMILES string of the molecule is O=C1Nc2cc(Cl)ccc2/C1=C/c1c[nH]c2ncccc12. The second-order valence-corrected chi connectivity index (χ2v) is 5.28. The normalized spacial score (nSPS) is 15.5. The Morgan fingerprint density at radius 1 is 1.24 bits per heavy atom. The first kappa shape index (κ1) is 12.2. The molecule has 2 aromatic heterocycles. The van der Waals surface area contributed by atoms with Crippen LogP contribution in [0.5, 0.6) is 0 Å². The van der Waals surface area contributed by atoms with Crippen molar-refractivity contribution in [3.05, 3.63) is 58.9 Å². The number of hydrogen-bond donors (Lipinski definition) is 2. The summed E-state index contributed by atoms with van der Waals surface area (Å²) in [4.78, 5) is 19.5. The standard InChI is InChI=1S/C16H10ClN3O/c17-10-3-4-12-13(16(21)20-14(12)7-10)6-9-8-19-15-11(9)2-1-5-18-15/h1-8H,(H,18,19)(H,20,21)/b13-6-. The number of nitrogens with one attached hydrogen (secondary N) is 2. The minimum Gasteiger partial charge on any atom is -0.346 e. The zero-order valence-corrected chi connectivity index (χ0v) is 11.6. The highest BCUT2D eigenvalue weighted by Crippen LogP contribution is 2.35. The van der Waals surface area contributed by atoms with Crippen molar-refractivity contribution in [1.82, 2.24) is 9.97 Å². The molecular formula is C16H10ClN3O. The highest BCUT2D eigenvalue weighted by Gasteiger charge is 2.24. The molecule has 0 radical (unpaired) electrons. The Hall–Kier alpha value is -2.59. The minimum atomic E-state index is -0.120. The number of hydrogen-bond acceptors (Lipinski definition) is 2. The predicted molar refractivity (Wildman–Crippen MR) is 84.0 cm³/mol. The molecule has 0 aliphatic carbocycles. The first-order valence-electron chi connectivity index (χ1n) is 6.47. The highest BCUT2D eigenvalue weighted by molar-refractivity contribution is 6.36. The summed E-state index contributed by atoms with van der Waals surface area (Å²) < 4.78 is 0. The van der Waals surface area contributed by atoms with E-state index in [1.807, 2.05) is 30.5 Å². The van der Waals surface area contributed by atoms with E-state index in [9.17, 15) is 4.79 Å². The van der Waals surface area contributed by atoms with Crippen LogP contribution in [0.4, 0.5) is 5.69 Å². The molecule has 21 heavy (non-hydrogen) atoms. The molecule has 5 heteroatoms. The molecule has 0 bridgehead atoms. The largest absolute Gasteiger partial charge is 0.346 e. The average Bonchev–Trinajstić information content (AvgIpc) is 3.01. The van der Waals surface area contributed by atoms with Crippen molar-refractivity contribution in [2.45, 2.75) is 0 Å². The maximum Gasteiger partial charge on any atom is 0.256 e. The van der Waals surface area contributed by atoms with Gasteiger partial charge in [0.1, 0.15) is 5.65 Å². The van der Waals surface area contributed by atoms with Gasteiger partial charge in [0.05, 0.1) is 5.69 Å². The van der Waals surface area contributed by atoms with Crippen LogP contribution in [-0.2, 0) is 4.79 Å². The Bertz CT molecular complexity index is 911. The molecule has 0 unspecified atom stereocenters. The molecule has 1 amide bonds. The van der Waals surface area contributed by atoms with Gasteiger partial charge in [-0.1, -0.05) is 17.7 Å². The Morgan fingerprint density at radius 3 is 3.05 bits per heavy atom. The minimum absolute atomic E-state index is 0.120. The molecule has 0 atom stereocenters. The molecule has 3 heterocycles. The van der Waals surface area contributed by atoms with Gasteiger partial charge >= 0.3 is 0 Å². The van der Waals surface area contributed by atoms with Gasteiger partial charge in [-0.2, -0.15) is 0 Å². The summed E-state index contributed by atoms with van der Waals surface area (Å²) in [5.74, 6) is -0.120. The number of benzene rings is 1. The van der Waals surface area contributed by atoms with Crippen molar-refractivity contribution in [3.63, 3.8) is 0 Å². The smallest absolute Gasteiger partial charge is 0.256 e. The number of carbonyl (C=O) groups is 1. The van der Waals surface area contributed by atoms with Gasteiger partial charge in [0.25, 0.3) is 5.91 Å². The average molecular weight is 296 g/mol. The summed E-state index contributed by atoms with van der Waals surface area (Å²) in [5.41, 5.74) is 3.98. The lowest BCUT2D eigenvalue weighted by molar-refractivity contribution is -0.110. The topological polar surface area (TPSA) is 57.8 Å². The van der Waals surface area contributed by atoms with Crippen LogP contribution in [0.3, 0.4) is 0 Å². The fraction of sp³-hybridized carbons (Fsp3) is 0. The Labute approximate surface area is 125 Å². The molecule has 0 saturated carbocycles. The number of aromatic amines is 1.